The molecular formula is C16H21BrN2O3. The van der Waals surface area contributed by atoms with Gasteiger partial charge in [-0.25, -0.2) is 4.79 Å². The van der Waals surface area contributed by atoms with Gasteiger partial charge in [0.15, 0.2) is 0 Å². The first-order chi connectivity index (χ1) is 10.5. The van der Waals surface area contributed by atoms with Crippen LogP contribution in [0.4, 0.5) is 4.79 Å². The average Bonchev–Trinajstić information content (AvgIpc) is 2.53. The molecule has 22 heavy (non-hydrogen) atoms. The van der Waals surface area contributed by atoms with Crippen LogP contribution >= 0.6 is 15.9 Å². The van der Waals surface area contributed by atoms with Crippen molar-refractivity contribution < 1.29 is 14.3 Å². The molecule has 0 radical (unpaired) electrons. The number of benzene rings is 1. The number of ether oxygens (including phenoxy) is 1. The van der Waals surface area contributed by atoms with Gasteiger partial charge in [0.25, 0.3) is 5.91 Å². The van der Waals surface area contributed by atoms with E-state index in [9.17, 15) is 9.59 Å². The van der Waals surface area contributed by atoms with Crippen molar-refractivity contribution in [2.45, 2.75) is 13.8 Å². The highest BCUT2D eigenvalue weighted by molar-refractivity contribution is 9.10. The molecule has 5 nitrogen and oxygen atoms in total. The van der Waals surface area contributed by atoms with E-state index in [1.54, 1.807) is 21.9 Å². The summed E-state index contributed by atoms with van der Waals surface area (Å²) in [6, 6.07) is 7.31. The molecule has 0 N–H and O–H groups in total. The molecule has 0 unspecified atom stereocenters. The minimum absolute atomic E-state index is 0.00250. The van der Waals surface area contributed by atoms with Crippen molar-refractivity contribution in [2.24, 2.45) is 5.92 Å². The van der Waals surface area contributed by atoms with Crippen LogP contribution in [-0.4, -0.2) is 54.6 Å². The molecule has 2 amide bonds. The second-order valence-corrected chi connectivity index (χ2v) is 6.67. The first-order valence-corrected chi connectivity index (χ1v) is 8.23. The van der Waals surface area contributed by atoms with Gasteiger partial charge in [0.2, 0.25) is 0 Å². The molecule has 120 valence electrons. The molecule has 0 aromatic heterocycles. The second-order valence-electron chi connectivity index (χ2n) is 5.76. The van der Waals surface area contributed by atoms with Gasteiger partial charge < -0.3 is 14.5 Å². The van der Waals surface area contributed by atoms with Gasteiger partial charge in [-0.15, -0.1) is 0 Å². The van der Waals surface area contributed by atoms with Gasteiger partial charge in [-0.1, -0.05) is 29.8 Å². The Kier molecular flexibility index (Phi) is 5.83. The summed E-state index contributed by atoms with van der Waals surface area (Å²) in [7, 11) is 0. The molecule has 1 heterocycles. The molecular weight excluding hydrogens is 348 g/mol. The Morgan fingerprint density at radius 3 is 2.18 bits per heavy atom. The number of carbonyl (C=O) groups excluding carboxylic acids is 2. The van der Waals surface area contributed by atoms with Gasteiger partial charge in [0, 0.05) is 36.2 Å². The van der Waals surface area contributed by atoms with Crippen LogP contribution in [0.25, 0.3) is 0 Å². The van der Waals surface area contributed by atoms with E-state index in [1.807, 2.05) is 26.0 Å². The minimum atomic E-state index is -0.288. The molecule has 1 aliphatic rings. The van der Waals surface area contributed by atoms with Crippen LogP contribution in [0, 0.1) is 5.92 Å². The Labute approximate surface area is 139 Å². The van der Waals surface area contributed by atoms with E-state index in [2.05, 4.69) is 15.9 Å². The van der Waals surface area contributed by atoms with Crippen LogP contribution in [0.15, 0.2) is 28.7 Å². The number of piperazine rings is 1. The van der Waals surface area contributed by atoms with Gasteiger partial charge in [-0.05, 0) is 30.2 Å². The Morgan fingerprint density at radius 1 is 1.09 bits per heavy atom. The summed E-state index contributed by atoms with van der Waals surface area (Å²) in [5, 5.41) is 0. The SMILES string of the molecule is CC(C)COC(=O)N1CCN(C(=O)c2ccc(Br)cc2)CC1. The standard InChI is InChI=1S/C16H21BrN2O3/c1-12(2)11-22-16(21)19-9-7-18(8-10-19)15(20)13-3-5-14(17)6-4-13/h3-6,12H,7-11H2,1-2H3. The molecule has 1 aromatic rings. The average molecular weight is 369 g/mol. The van der Waals surface area contributed by atoms with E-state index in [-0.39, 0.29) is 12.0 Å². The van der Waals surface area contributed by atoms with E-state index >= 15 is 0 Å². The van der Waals surface area contributed by atoms with E-state index in [0.29, 0.717) is 44.3 Å². The maximum Gasteiger partial charge on any atom is 0.409 e. The molecule has 1 aliphatic heterocycles. The molecule has 1 aromatic carbocycles. The fourth-order valence-electron chi connectivity index (χ4n) is 2.20. The lowest BCUT2D eigenvalue weighted by atomic mass is 10.2. The van der Waals surface area contributed by atoms with Crippen molar-refractivity contribution in [3.05, 3.63) is 34.3 Å². The molecule has 0 aliphatic carbocycles. The fourth-order valence-corrected chi connectivity index (χ4v) is 2.46. The zero-order valence-corrected chi connectivity index (χ0v) is 14.5. The summed E-state index contributed by atoms with van der Waals surface area (Å²) in [6.07, 6.45) is -0.288. The topological polar surface area (TPSA) is 49.9 Å². The van der Waals surface area contributed by atoms with E-state index in [1.165, 1.54) is 0 Å². The molecule has 1 fully saturated rings. The van der Waals surface area contributed by atoms with Crippen molar-refractivity contribution in [2.75, 3.05) is 32.8 Å². The molecule has 1 saturated heterocycles. The van der Waals surface area contributed by atoms with Crippen molar-refractivity contribution in [3.63, 3.8) is 0 Å². The molecule has 0 bridgehead atoms. The molecule has 2 rings (SSSR count). The maximum absolute atomic E-state index is 12.4. The predicted molar refractivity (Wildman–Crippen MR) is 87.8 cm³/mol. The predicted octanol–water partition coefficient (Wildman–Crippen LogP) is 3.00. The number of rotatable bonds is 3. The lowest BCUT2D eigenvalue weighted by Gasteiger charge is -2.34. The third-order valence-electron chi connectivity index (χ3n) is 3.46. The van der Waals surface area contributed by atoms with E-state index in [0.717, 1.165) is 4.47 Å². The van der Waals surface area contributed by atoms with Gasteiger partial charge in [0.05, 0.1) is 6.61 Å². The number of nitrogens with zero attached hydrogens (tertiary/aromatic N) is 2. The van der Waals surface area contributed by atoms with Crippen LogP contribution in [0.3, 0.4) is 0 Å². The summed E-state index contributed by atoms with van der Waals surface area (Å²) >= 11 is 3.36. The van der Waals surface area contributed by atoms with Crippen LogP contribution in [0.1, 0.15) is 24.2 Å². The fraction of sp³-hybridized carbons (Fsp3) is 0.500. The second kappa shape index (κ2) is 7.63. The summed E-state index contributed by atoms with van der Waals surface area (Å²) < 4.78 is 6.16. The minimum Gasteiger partial charge on any atom is -0.449 e. The summed E-state index contributed by atoms with van der Waals surface area (Å²) in [5.74, 6) is 0.326. The number of amides is 2. The zero-order valence-electron chi connectivity index (χ0n) is 12.9. The summed E-state index contributed by atoms with van der Waals surface area (Å²) in [6.45, 7) is 6.52. The monoisotopic (exact) mass is 368 g/mol. The summed E-state index contributed by atoms with van der Waals surface area (Å²) in [5.41, 5.74) is 0.666. The highest BCUT2D eigenvalue weighted by Gasteiger charge is 2.25. The number of hydrogen-bond donors (Lipinski definition) is 0. The first-order valence-electron chi connectivity index (χ1n) is 7.44. The quantitative estimate of drug-likeness (QED) is 0.823. The van der Waals surface area contributed by atoms with Gasteiger partial charge >= 0.3 is 6.09 Å². The lowest BCUT2D eigenvalue weighted by molar-refractivity contribution is 0.0535. The van der Waals surface area contributed by atoms with Crippen LogP contribution in [0.2, 0.25) is 0 Å². The normalized spacial score (nSPS) is 15.1. The highest BCUT2D eigenvalue weighted by atomic mass is 79.9. The van der Waals surface area contributed by atoms with Crippen molar-refractivity contribution >= 4 is 27.9 Å². The Morgan fingerprint density at radius 2 is 1.64 bits per heavy atom. The highest BCUT2D eigenvalue weighted by Crippen LogP contribution is 2.14. The molecule has 0 spiro atoms. The third kappa shape index (κ3) is 4.47. The third-order valence-corrected chi connectivity index (χ3v) is 3.99. The molecule has 0 saturated carbocycles. The van der Waals surface area contributed by atoms with Crippen molar-refractivity contribution in [1.82, 2.24) is 9.80 Å². The number of halogens is 1. The lowest BCUT2D eigenvalue weighted by Crippen LogP contribution is -2.50. The summed E-state index contributed by atoms with van der Waals surface area (Å²) in [4.78, 5) is 27.7. The first kappa shape index (κ1) is 16.8. The smallest absolute Gasteiger partial charge is 0.409 e. The van der Waals surface area contributed by atoms with Gasteiger partial charge in [0.1, 0.15) is 0 Å². The van der Waals surface area contributed by atoms with Crippen LogP contribution in [-0.2, 0) is 4.74 Å². The van der Waals surface area contributed by atoms with Gasteiger partial charge in [-0.3, -0.25) is 4.79 Å². The molecule has 6 heteroatoms. The van der Waals surface area contributed by atoms with E-state index < -0.39 is 0 Å². The Hall–Kier alpha value is -1.56. The maximum atomic E-state index is 12.4. The molecule has 0 atom stereocenters. The number of hydrogen-bond acceptors (Lipinski definition) is 3. The van der Waals surface area contributed by atoms with E-state index in [4.69, 9.17) is 4.74 Å². The number of carbonyl (C=O) groups is 2. The van der Waals surface area contributed by atoms with Gasteiger partial charge in [-0.2, -0.15) is 0 Å². The van der Waals surface area contributed by atoms with Crippen molar-refractivity contribution in [1.29, 1.82) is 0 Å². The Bertz CT molecular complexity index is 523. The largest absolute Gasteiger partial charge is 0.449 e. The Balaban J connectivity index is 1.85. The van der Waals surface area contributed by atoms with Crippen LogP contribution in [0.5, 0.6) is 0 Å². The van der Waals surface area contributed by atoms with Crippen molar-refractivity contribution in [3.8, 4) is 0 Å². The zero-order chi connectivity index (χ0) is 16.1. The van der Waals surface area contributed by atoms with Crippen LogP contribution < -0.4 is 0 Å².